The lowest BCUT2D eigenvalue weighted by molar-refractivity contribution is -0.148. The lowest BCUT2D eigenvalue weighted by atomic mass is 10.3. The van der Waals surface area contributed by atoms with Gasteiger partial charge in [0.05, 0.1) is 13.2 Å². The number of nitrogens with zero attached hydrogens (tertiary/aromatic N) is 2. The van der Waals surface area contributed by atoms with Crippen LogP contribution in [-0.2, 0) is 4.79 Å². The summed E-state index contributed by atoms with van der Waals surface area (Å²) in [7, 11) is 0. The molecule has 1 rings (SSSR count). The predicted molar refractivity (Wildman–Crippen MR) is 61.1 cm³/mol. The predicted octanol–water partition coefficient (Wildman–Crippen LogP) is -0.679. The van der Waals surface area contributed by atoms with Crippen molar-refractivity contribution in [3.63, 3.8) is 0 Å². The first kappa shape index (κ1) is 16.5. The van der Waals surface area contributed by atoms with Gasteiger partial charge in [-0.25, -0.2) is 9.59 Å². The Hall–Kier alpha value is -1.55. The van der Waals surface area contributed by atoms with Gasteiger partial charge < -0.3 is 20.4 Å². The number of carboxylic acid groups (broad SMARTS) is 1. The van der Waals surface area contributed by atoms with E-state index >= 15 is 0 Å². The lowest BCUT2D eigenvalue weighted by Crippen LogP contribution is -2.56. The van der Waals surface area contributed by atoms with Gasteiger partial charge in [0.2, 0.25) is 0 Å². The summed E-state index contributed by atoms with van der Waals surface area (Å²) in [6, 6.07) is -2.13. The van der Waals surface area contributed by atoms with Crippen molar-refractivity contribution in [3.05, 3.63) is 0 Å². The maximum Gasteiger partial charge on any atom is 0.401 e. The van der Waals surface area contributed by atoms with Crippen LogP contribution in [0.2, 0.25) is 0 Å². The van der Waals surface area contributed by atoms with Crippen LogP contribution in [0.25, 0.3) is 0 Å². The number of nitrogens with one attached hydrogen (secondary N) is 1. The topological polar surface area (TPSA) is 93.1 Å². The molecule has 1 heterocycles. The van der Waals surface area contributed by atoms with Crippen LogP contribution < -0.4 is 5.32 Å². The van der Waals surface area contributed by atoms with E-state index in [0.29, 0.717) is 0 Å². The average molecular weight is 299 g/mol. The number of hydrogen-bond donors (Lipinski definition) is 3. The van der Waals surface area contributed by atoms with Gasteiger partial charge in [0.25, 0.3) is 0 Å². The molecule has 0 bridgehead atoms. The molecule has 1 fully saturated rings. The SMILES string of the molecule is O=C(O)[C@H](CO)NC(=O)N1CCN(CC(F)(F)F)CC1. The molecule has 0 unspecified atom stereocenters. The monoisotopic (exact) mass is 299 g/mol. The normalized spacial score (nSPS) is 18.7. The summed E-state index contributed by atoms with van der Waals surface area (Å²) in [5.74, 6) is -1.38. The Morgan fingerprint density at radius 3 is 2.15 bits per heavy atom. The van der Waals surface area contributed by atoms with E-state index in [9.17, 15) is 22.8 Å². The second kappa shape index (κ2) is 6.75. The molecular formula is C10H16F3N3O4. The third kappa shape index (κ3) is 5.21. The smallest absolute Gasteiger partial charge is 0.401 e. The van der Waals surface area contributed by atoms with E-state index in [-0.39, 0.29) is 26.2 Å². The van der Waals surface area contributed by atoms with Gasteiger partial charge >= 0.3 is 18.2 Å². The second-order valence-corrected chi connectivity index (χ2v) is 4.40. The first-order valence-electron chi connectivity index (χ1n) is 5.91. The maximum atomic E-state index is 12.2. The van der Waals surface area contributed by atoms with Crippen LogP contribution in [0.4, 0.5) is 18.0 Å². The summed E-state index contributed by atoms with van der Waals surface area (Å²) in [4.78, 5) is 24.7. The fraction of sp³-hybridized carbons (Fsp3) is 0.800. The minimum absolute atomic E-state index is 0.0593. The van der Waals surface area contributed by atoms with E-state index in [1.165, 1.54) is 9.80 Å². The Bertz CT molecular complexity index is 356. The molecule has 0 aromatic rings. The van der Waals surface area contributed by atoms with Crippen molar-refractivity contribution in [2.45, 2.75) is 12.2 Å². The number of hydrogen-bond acceptors (Lipinski definition) is 4. The zero-order chi connectivity index (χ0) is 15.3. The molecule has 0 radical (unpaired) electrons. The number of carbonyl (C=O) groups is 2. The highest BCUT2D eigenvalue weighted by atomic mass is 19.4. The number of aliphatic hydroxyl groups excluding tert-OH is 1. The lowest BCUT2D eigenvalue weighted by Gasteiger charge is -2.35. The molecule has 1 saturated heterocycles. The summed E-state index contributed by atoms with van der Waals surface area (Å²) in [6.07, 6.45) is -4.28. The molecule has 3 N–H and O–H groups in total. The van der Waals surface area contributed by atoms with Crippen LogP contribution in [-0.4, -0.2) is 83.6 Å². The summed E-state index contributed by atoms with van der Waals surface area (Å²) >= 11 is 0. The zero-order valence-electron chi connectivity index (χ0n) is 10.6. The van der Waals surface area contributed by atoms with Crippen LogP contribution >= 0.6 is 0 Å². The first-order valence-corrected chi connectivity index (χ1v) is 5.91. The molecular weight excluding hydrogens is 283 g/mol. The van der Waals surface area contributed by atoms with Gasteiger partial charge in [-0.2, -0.15) is 13.2 Å². The van der Waals surface area contributed by atoms with E-state index in [4.69, 9.17) is 10.2 Å². The van der Waals surface area contributed by atoms with Crippen LogP contribution in [0.5, 0.6) is 0 Å². The number of carbonyl (C=O) groups excluding carboxylic acids is 1. The van der Waals surface area contributed by atoms with Gasteiger partial charge in [0.1, 0.15) is 0 Å². The highest BCUT2D eigenvalue weighted by Gasteiger charge is 2.33. The summed E-state index contributed by atoms with van der Waals surface area (Å²) in [5, 5.41) is 19.5. The minimum atomic E-state index is -4.28. The largest absolute Gasteiger partial charge is 0.480 e. The molecule has 20 heavy (non-hydrogen) atoms. The van der Waals surface area contributed by atoms with Crippen molar-refractivity contribution in [1.29, 1.82) is 0 Å². The van der Waals surface area contributed by atoms with Crippen LogP contribution in [0.3, 0.4) is 0 Å². The molecule has 116 valence electrons. The second-order valence-electron chi connectivity index (χ2n) is 4.40. The molecule has 1 aliphatic heterocycles. The quantitative estimate of drug-likeness (QED) is 0.640. The van der Waals surface area contributed by atoms with Crippen LogP contribution in [0, 0.1) is 0 Å². The highest BCUT2D eigenvalue weighted by Crippen LogP contribution is 2.17. The number of rotatable bonds is 4. The van der Waals surface area contributed by atoms with E-state index in [2.05, 4.69) is 5.32 Å². The number of carboxylic acids is 1. The molecule has 1 aliphatic rings. The molecule has 2 amide bonds. The average Bonchev–Trinajstić information content (AvgIpc) is 2.34. The van der Waals surface area contributed by atoms with Crippen molar-refractivity contribution < 1.29 is 33.0 Å². The van der Waals surface area contributed by atoms with Crippen molar-refractivity contribution >= 4 is 12.0 Å². The van der Waals surface area contributed by atoms with E-state index in [0.717, 1.165) is 0 Å². The highest BCUT2D eigenvalue weighted by molar-refractivity contribution is 5.82. The molecule has 1 atom stereocenters. The van der Waals surface area contributed by atoms with Crippen molar-refractivity contribution in [2.75, 3.05) is 39.3 Å². The Balaban J connectivity index is 2.41. The van der Waals surface area contributed by atoms with Crippen LogP contribution in [0.15, 0.2) is 0 Å². The first-order chi connectivity index (χ1) is 9.23. The molecule has 0 aliphatic carbocycles. The van der Waals surface area contributed by atoms with E-state index in [1.807, 2.05) is 0 Å². The standard InChI is InChI=1S/C10H16F3N3O4/c11-10(12,13)6-15-1-3-16(4-2-15)9(20)14-7(5-17)8(18)19/h7,17H,1-6H2,(H,14,20)(H,18,19)/t7-/m0/s1. The van der Waals surface area contributed by atoms with Crippen molar-refractivity contribution in [1.82, 2.24) is 15.1 Å². The number of aliphatic carboxylic acids is 1. The summed E-state index contributed by atoms with van der Waals surface area (Å²) in [6.45, 7) is -1.53. The number of halogens is 3. The Morgan fingerprint density at radius 2 is 1.75 bits per heavy atom. The number of urea groups is 1. The summed E-state index contributed by atoms with van der Waals surface area (Å²) < 4.78 is 36.5. The Morgan fingerprint density at radius 1 is 1.20 bits per heavy atom. The van der Waals surface area contributed by atoms with Gasteiger partial charge in [0.15, 0.2) is 6.04 Å². The molecule has 0 saturated carbocycles. The van der Waals surface area contributed by atoms with Gasteiger partial charge in [-0.15, -0.1) is 0 Å². The number of piperazine rings is 1. The van der Waals surface area contributed by atoms with Crippen molar-refractivity contribution in [2.24, 2.45) is 0 Å². The molecule has 0 spiro atoms. The zero-order valence-corrected chi connectivity index (χ0v) is 10.6. The summed E-state index contributed by atoms with van der Waals surface area (Å²) in [5.41, 5.74) is 0. The molecule has 0 aromatic heterocycles. The Kier molecular flexibility index (Phi) is 5.57. The van der Waals surface area contributed by atoms with Gasteiger partial charge in [-0.3, -0.25) is 4.90 Å². The van der Waals surface area contributed by atoms with Gasteiger partial charge in [0, 0.05) is 26.2 Å². The minimum Gasteiger partial charge on any atom is -0.480 e. The number of amides is 2. The number of aliphatic hydroxyl groups is 1. The molecule has 7 nitrogen and oxygen atoms in total. The van der Waals surface area contributed by atoms with Crippen LogP contribution in [0.1, 0.15) is 0 Å². The number of alkyl halides is 3. The molecule has 0 aromatic carbocycles. The third-order valence-corrected chi connectivity index (χ3v) is 2.84. The fourth-order valence-corrected chi connectivity index (χ4v) is 1.79. The van der Waals surface area contributed by atoms with Gasteiger partial charge in [-0.1, -0.05) is 0 Å². The third-order valence-electron chi connectivity index (χ3n) is 2.84. The Labute approximate surface area is 112 Å². The fourth-order valence-electron chi connectivity index (χ4n) is 1.79. The van der Waals surface area contributed by atoms with E-state index < -0.39 is 37.4 Å². The molecule has 10 heteroatoms. The van der Waals surface area contributed by atoms with Gasteiger partial charge in [-0.05, 0) is 0 Å². The maximum absolute atomic E-state index is 12.2. The van der Waals surface area contributed by atoms with E-state index in [1.54, 1.807) is 0 Å². The van der Waals surface area contributed by atoms with Crippen molar-refractivity contribution in [3.8, 4) is 0 Å².